The second-order valence-corrected chi connectivity index (χ2v) is 1.93. The van der Waals surface area contributed by atoms with Gasteiger partial charge in [0.2, 0.25) is 5.78 Å². The van der Waals surface area contributed by atoms with Crippen molar-refractivity contribution in [3.05, 3.63) is 0 Å². The maximum Gasteiger partial charge on any atom is 0.261 e. The van der Waals surface area contributed by atoms with Gasteiger partial charge in [0.05, 0.1) is 6.61 Å². The molecule has 1 N–H and O–H groups in total. The lowest BCUT2D eigenvalue weighted by atomic mass is 10.1. The van der Waals surface area contributed by atoms with Gasteiger partial charge < -0.3 is 5.11 Å². The van der Waals surface area contributed by atoms with Gasteiger partial charge in [-0.1, -0.05) is 6.92 Å². The van der Waals surface area contributed by atoms with Crippen molar-refractivity contribution in [3.8, 4) is 0 Å². The minimum Gasteiger partial charge on any atom is -0.396 e. The van der Waals surface area contributed by atoms with Crippen LogP contribution in [0.4, 0.5) is 0 Å². The quantitative estimate of drug-likeness (QED) is 0.310. The lowest BCUT2D eigenvalue weighted by Gasteiger charge is -1.99. The number of rotatable bonds is 4. The molecule has 0 aromatic rings. The molecule has 0 bridgehead atoms. The van der Waals surface area contributed by atoms with E-state index < -0.39 is 24.1 Å². The van der Waals surface area contributed by atoms with Crippen LogP contribution in [0.15, 0.2) is 0 Å². The van der Waals surface area contributed by atoms with Crippen LogP contribution in [-0.2, 0) is 14.4 Å². The van der Waals surface area contributed by atoms with Crippen LogP contribution in [0.1, 0.15) is 6.92 Å². The van der Waals surface area contributed by atoms with Crippen molar-refractivity contribution in [2.75, 3.05) is 6.61 Å². The summed E-state index contributed by atoms with van der Waals surface area (Å²) < 4.78 is 0. The van der Waals surface area contributed by atoms with Gasteiger partial charge in [0.25, 0.3) is 5.78 Å². The molecule has 4 heteroatoms. The third-order valence-electron chi connectivity index (χ3n) is 1.07. The first-order chi connectivity index (χ1) is 4.63. The van der Waals surface area contributed by atoms with Crippen molar-refractivity contribution in [1.29, 1.82) is 0 Å². The van der Waals surface area contributed by atoms with E-state index in [-0.39, 0.29) is 6.29 Å². The highest BCUT2D eigenvalue weighted by molar-refractivity contribution is 6.58. The number of carbonyl (C=O) groups is 3. The van der Waals surface area contributed by atoms with Crippen molar-refractivity contribution in [3.63, 3.8) is 0 Å². The molecule has 0 aromatic heterocycles. The predicted octanol–water partition coefficient (Wildman–Crippen LogP) is -1.05. The molecule has 0 fully saturated rings. The molecular formula is C6H8O4. The first kappa shape index (κ1) is 8.97. The lowest BCUT2D eigenvalue weighted by molar-refractivity contribution is -0.142. The summed E-state index contributed by atoms with van der Waals surface area (Å²) in [6.45, 7) is 0.974. The molecule has 0 aliphatic carbocycles. The maximum atomic E-state index is 10.6. The third kappa shape index (κ3) is 2.06. The van der Waals surface area contributed by atoms with Crippen molar-refractivity contribution < 1.29 is 19.5 Å². The Kier molecular flexibility index (Phi) is 3.49. The minimum atomic E-state index is -1.08. The molecule has 0 rings (SSSR count). The molecule has 10 heavy (non-hydrogen) atoms. The van der Waals surface area contributed by atoms with Gasteiger partial charge in [-0.05, 0) is 0 Å². The van der Waals surface area contributed by atoms with Crippen LogP contribution in [-0.4, -0.2) is 29.6 Å². The van der Waals surface area contributed by atoms with Gasteiger partial charge in [0.15, 0.2) is 6.29 Å². The van der Waals surface area contributed by atoms with E-state index in [2.05, 4.69) is 0 Å². The van der Waals surface area contributed by atoms with E-state index in [0.29, 0.717) is 0 Å². The molecule has 0 aliphatic rings. The number of ketones is 2. The van der Waals surface area contributed by atoms with Crippen LogP contribution >= 0.6 is 0 Å². The van der Waals surface area contributed by atoms with Crippen molar-refractivity contribution in [2.24, 2.45) is 5.92 Å². The van der Waals surface area contributed by atoms with Crippen molar-refractivity contribution in [1.82, 2.24) is 0 Å². The summed E-state index contributed by atoms with van der Waals surface area (Å²) in [5.41, 5.74) is 0. The molecule has 4 nitrogen and oxygen atoms in total. The van der Waals surface area contributed by atoms with E-state index in [4.69, 9.17) is 5.11 Å². The highest BCUT2D eigenvalue weighted by atomic mass is 16.3. The Morgan fingerprint density at radius 1 is 1.60 bits per heavy atom. The molecule has 0 radical (unpaired) electrons. The van der Waals surface area contributed by atoms with Crippen LogP contribution < -0.4 is 0 Å². The van der Waals surface area contributed by atoms with Crippen LogP contribution in [0, 0.1) is 5.92 Å². The van der Waals surface area contributed by atoms with Crippen molar-refractivity contribution >= 4 is 17.9 Å². The monoisotopic (exact) mass is 144 g/mol. The topological polar surface area (TPSA) is 71.4 Å². The average Bonchev–Trinajstić information content (AvgIpc) is 2.00. The fourth-order valence-corrected chi connectivity index (χ4v) is 0.384. The van der Waals surface area contributed by atoms with Crippen LogP contribution in [0.5, 0.6) is 0 Å². The number of carbonyl (C=O) groups excluding carboxylic acids is 3. The summed E-state index contributed by atoms with van der Waals surface area (Å²) >= 11 is 0. The second-order valence-electron chi connectivity index (χ2n) is 1.93. The van der Waals surface area contributed by atoms with Crippen molar-refractivity contribution in [2.45, 2.75) is 6.92 Å². The summed E-state index contributed by atoms with van der Waals surface area (Å²) in [6, 6.07) is 0. The molecule has 1 unspecified atom stereocenters. The summed E-state index contributed by atoms with van der Waals surface area (Å²) in [4.78, 5) is 30.6. The van der Waals surface area contributed by atoms with Gasteiger partial charge in [-0.3, -0.25) is 14.4 Å². The standard InChI is InChI=1S/C6H8O4/c1-4(2-7)6(10)5(9)3-8/h3-4,7H,2H2,1H3. The third-order valence-corrected chi connectivity index (χ3v) is 1.07. The summed E-state index contributed by atoms with van der Waals surface area (Å²) in [5.74, 6) is -2.68. The highest BCUT2D eigenvalue weighted by Gasteiger charge is 2.18. The number of aliphatic hydroxyl groups excluding tert-OH is 1. The second kappa shape index (κ2) is 3.90. The van der Waals surface area contributed by atoms with Gasteiger partial charge in [-0.2, -0.15) is 0 Å². The zero-order valence-corrected chi connectivity index (χ0v) is 5.53. The molecule has 0 saturated heterocycles. The lowest BCUT2D eigenvalue weighted by Crippen LogP contribution is -2.24. The molecule has 0 spiro atoms. The maximum absolute atomic E-state index is 10.6. The first-order valence-corrected chi connectivity index (χ1v) is 2.77. The molecule has 0 heterocycles. The minimum absolute atomic E-state index is 0.0471. The van der Waals surface area contributed by atoms with E-state index in [0.717, 1.165) is 0 Å². The van der Waals surface area contributed by atoms with E-state index in [1.807, 2.05) is 0 Å². The largest absolute Gasteiger partial charge is 0.396 e. The first-order valence-electron chi connectivity index (χ1n) is 2.77. The van der Waals surface area contributed by atoms with E-state index in [1.165, 1.54) is 6.92 Å². The number of Topliss-reactive ketones (excluding diaryl/α,β-unsaturated/α-hetero) is 2. The smallest absolute Gasteiger partial charge is 0.261 e. The Hall–Kier alpha value is -1.03. The summed E-state index contributed by atoms with van der Waals surface area (Å²) in [6.07, 6.45) is -0.0471. The van der Waals surface area contributed by atoms with Gasteiger partial charge in [-0.15, -0.1) is 0 Å². The summed E-state index contributed by atoms with van der Waals surface area (Å²) in [5, 5.41) is 8.36. The number of aldehydes is 1. The molecule has 0 amide bonds. The molecule has 0 saturated carbocycles. The zero-order valence-electron chi connectivity index (χ0n) is 5.53. The predicted molar refractivity (Wildman–Crippen MR) is 32.3 cm³/mol. The van der Waals surface area contributed by atoms with E-state index in [9.17, 15) is 14.4 Å². The molecule has 56 valence electrons. The van der Waals surface area contributed by atoms with Gasteiger partial charge in [0, 0.05) is 5.92 Å². The fraction of sp³-hybridized carbons (Fsp3) is 0.500. The van der Waals surface area contributed by atoms with E-state index in [1.54, 1.807) is 0 Å². The molecule has 0 aliphatic heterocycles. The number of hydrogen-bond acceptors (Lipinski definition) is 4. The summed E-state index contributed by atoms with van der Waals surface area (Å²) in [7, 11) is 0. The van der Waals surface area contributed by atoms with Gasteiger partial charge >= 0.3 is 0 Å². The van der Waals surface area contributed by atoms with Crippen LogP contribution in [0.2, 0.25) is 0 Å². The zero-order chi connectivity index (χ0) is 8.15. The number of hydrogen-bond donors (Lipinski definition) is 1. The molecule has 1 atom stereocenters. The Balaban J connectivity index is 4.07. The fourth-order valence-electron chi connectivity index (χ4n) is 0.384. The SMILES string of the molecule is CC(CO)C(=O)C(=O)C=O. The van der Waals surface area contributed by atoms with E-state index >= 15 is 0 Å². The van der Waals surface area contributed by atoms with Gasteiger partial charge in [-0.25, -0.2) is 0 Å². The Bertz CT molecular complexity index is 161. The molecule has 0 aromatic carbocycles. The Morgan fingerprint density at radius 2 is 2.10 bits per heavy atom. The highest BCUT2D eigenvalue weighted by Crippen LogP contribution is 1.94. The molecular weight excluding hydrogens is 136 g/mol. The Labute approximate surface area is 57.8 Å². The normalized spacial score (nSPS) is 12.2. The van der Waals surface area contributed by atoms with Crippen LogP contribution in [0.3, 0.4) is 0 Å². The number of aliphatic hydroxyl groups is 1. The average molecular weight is 144 g/mol. The van der Waals surface area contributed by atoms with Gasteiger partial charge in [0.1, 0.15) is 0 Å². The van der Waals surface area contributed by atoms with Crippen LogP contribution in [0.25, 0.3) is 0 Å². The Morgan fingerprint density at radius 3 is 2.40 bits per heavy atom.